The summed E-state index contributed by atoms with van der Waals surface area (Å²) in [6.45, 7) is 3.10. The summed E-state index contributed by atoms with van der Waals surface area (Å²) < 4.78 is 16.0. The summed E-state index contributed by atoms with van der Waals surface area (Å²) in [4.78, 5) is 30.4. The molecule has 1 amide bonds. The Kier molecular flexibility index (Phi) is 4.42. The van der Waals surface area contributed by atoms with Gasteiger partial charge in [0.1, 0.15) is 6.61 Å². The molecule has 136 valence electrons. The van der Waals surface area contributed by atoms with E-state index in [1.807, 2.05) is 19.1 Å². The summed E-state index contributed by atoms with van der Waals surface area (Å²) >= 11 is 0. The van der Waals surface area contributed by atoms with Crippen molar-refractivity contribution in [2.45, 2.75) is 38.6 Å². The third kappa shape index (κ3) is 3.20. The lowest BCUT2D eigenvalue weighted by Crippen LogP contribution is -2.58. The summed E-state index contributed by atoms with van der Waals surface area (Å²) in [6.07, 6.45) is 0.270. The zero-order valence-corrected chi connectivity index (χ0v) is 14.4. The monoisotopic (exact) mass is 357 g/mol. The highest BCUT2D eigenvalue weighted by atomic mass is 16.6. The molecule has 0 aliphatic carbocycles. The maximum Gasteiger partial charge on any atom is 0.339 e. The van der Waals surface area contributed by atoms with Crippen LogP contribution in [0.15, 0.2) is 28.8 Å². The molecule has 1 fully saturated rings. The van der Waals surface area contributed by atoms with Gasteiger partial charge in [-0.15, -0.1) is 0 Å². The Balaban J connectivity index is 1.28. The molecule has 3 heterocycles. The van der Waals surface area contributed by atoms with E-state index >= 15 is 0 Å². The van der Waals surface area contributed by atoms with E-state index in [1.54, 1.807) is 17.0 Å². The van der Waals surface area contributed by atoms with E-state index in [2.05, 4.69) is 10.1 Å². The van der Waals surface area contributed by atoms with Crippen LogP contribution in [-0.4, -0.2) is 52.2 Å². The Bertz CT molecular complexity index is 828. The highest BCUT2D eigenvalue weighted by molar-refractivity contribution is 5.95. The number of carbonyl (C=O) groups excluding carboxylic acids is 2. The van der Waals surface area contributed by atoms with Crippen LogP contribution < -0.4 is 0 Å². The van der Waals surface area contributed by atoms with Crippen LogP contribution in [-0.2, 0) is 33.7 Å². The highest BCUT2D eigenvalue weighted by Crippen LogP contribution is 2.24. The standard InChI is InChI=1S/C18H19N3O5/c1-2-15-19-16(26-20-15)10-24-12-8-21(9-12)17(22)14-7-11-5-3-4-6-13(11)18(23)25-14/h3-6,12,14H,2,7-10H2,1H3. The number of amides is 1. The van der Waals surface area contributed by atoms with Crippen LogP contribution in [0.1, 0.15) is 34.6 Å². The predicted octanol–water partition coefficient (Wildman–Crippen LogP) is 1.14. The fourth-order valence-electron chi connectivity index (χ4n) is 3.08. The Morgan fingerprint density at radius 3 is 2.92 bits per heavy atom. The van der Waals surface area contributed by atoms with Gasteiger partial charge < -0.3 is 18.9 Å². The van der Waals surface area contributed by atoms with Crippen molar-refractivity contribution in [1.82, 2.24) is 15.0 Å². The van der Waals surface area contributed by atoms with Crippen molar-refractivity contribution < 1.29 is 23.6 Å². The summed E-state index contributed by atoms with van der Waals surface area (Å²) in [5.74, 6) is 0.457. The Morgan fingerprint density at radius 1 is 1.35 bits per heavy atom. The van der Waals surface area contributed by atoms with Gasteiger partial charge in [0.15, 0.2) is 11.9 Å². The van der Waals surface area contributed by atoms with E-state index in [9.17, 15) is 9.59 Å². The number of hydrogen-bond donors (Lipinski definition) is 0. The number of rotatable bonds is 5. The number of nitrogens with zero attached hydrogens (tertiary/aromatic N) is 3. The second kappa shape index (κ2) is 6.87. The zero-order valence-electron chi connectivity index (χ0n) is 14.4. The molecule has 1 atom stereocenters. The average molecular weight is 357 g/mol. The SMILES string of the molecule is CCc1noc(COC2CN(C(=O)C3Cc4ccccc4C(=O)O3)C2)n1. The maximum absolute atomic E-state index is 12.5. The van der Waals surface area contributed by atoms with Crippen molar-refractivity contribution in [3.63, 3.8) is 0 Å². The molecule has 8 heteroatoms. The lowest BCUT2D eigenvalue weighted by Gasteiger charge is -2.40. The van der Waals surface area contributed by atoms with E-state index in [1.165, 1.54) is 0 Å². The Morgan fingerprint density at radius 2 is 2.15 bits per heavy atom. The van der Waals surface area contributed by atoms with Crippen molar-refractivity contribution in [3.8, 4) is 0 Å². The van der Waals surface area contributed by atoms with Gasteiger partial charge in [-0.3, -0.25) is 4.79 Å². The first-order valence-electron chi connectivity index (χ1n) is 8.64. The predicted molar refractivity (Wildman–Crippen MR) is 88.2 cm³/mol. The molecule has 1 saturated heterocycles. The minimum atomic E-state index is -0.763. The van der Waals surface area contributed by atoms with E-state index in [0.29, 0.717) is 43.2 Å². The minimum absolute atomic E-state index is 0.0810. The number of hydrogen-bond acceptors (Lipinski definition) is 7. The van der Waals surface area contributed by atoms with E-state index in [0.717, 1.165) is 5.56 Å². The number of esters is 1. The lowest BCUT2D eigenvalue weighted by molar-refractivity contribution is -0.156. The normalized spacial score (nSPS) is 19.7. The summed E-state index contributed by atoms with van der Waals surface area (Å²) in [5, 5.41) is 3.81. The average Bonchev–Trinajstić information content (AvgIpc) is 3.08. The van der Waals surface area contributed by atoms with Crippen LogP contribution >= 0.6 is 0 Å². The highest BCUT2D eigenvalue weighted by Gasteiger charge is 2.39. The molecule has 2 aromatic rings. The van der Waals surface area contributed by atoms with Crippen molar-refractivity contribution in [1.29, 1.82) is 0 Å². The molecule has 1 aromatic heterocycles. The fourth-order valence-corrected chi connectivity index (χ4v) is 3.08. The molecule has 0 spiro atoms. The maximum atomic E-state index is 12.5. The van der Waals surface area contributed by atoms with E-state index < -0.39 is 12.1 Å². The van der Waals surface area contributed by atoms with Crippen molar-refractivity contribution >= 4 is 11.9 Å². The number of benzene rings is 1. The molecule has 2 aliphatic heterocycles. The van der Waals surface area contributed by atoms with Crippen LogP contribution in [0, 0.1) is 0 Å². The molecule has 4 rings (SSSR count). The van der Waals surface area contributed by atoms with Gasteiger partial charge in [-0.1, -0.05) is 30.3 Å². The Labute approximate surface area is 150 Å². The smallest absolute Gasteiger partial charge is 0.339 e. The van der Waals surface area contributed by atoms with Crippen molar-refractivity contribution in [2.24, 2.45) is 0 Å². The van der Waals surface area contributed by atoms with Gasteiger partial charge in [-0.2, -0.15) is 4.98 Å². The Hall–Kier alpha value is -2.74. The summed E-state index contributed by atoms with van der Waals surface area (Å²) in [5.41, 5.74) is 1.38. The van der Waals surface area contributed by atoms with Crippen LogP contribution in [0.4, 0.5) is 0 Å². The number of aryl methyl sites for hydroxylation is 1. The summed E-state index contributed by atoms with van der Waals surface area (Å²) in [7, 11) is 0. The van der Waals surface area contributed by atoms with Crippen molar-refractivity contribution in [2.75, 3.05) is 13.1 Å². The third-order valence-electron chi connectivity index (χ3n) is 4.60. The first kappa shape index (κ1) is 16.7. The van der Waals surface area contributed by atoms with Gasteiger partial charge in [-0.25, -0.2) is 4.79 Å². The fraction of sp³-hybridized carbons (Fsp3) is 0.444. The number of carbonyl (C=O) groups is 2. The molecule has 2 aliphatic rings. The molecule has 0 N–H and O–H groups in total. The van der Waals surface area contributed by atoms with Crippen LogP contribution in [0.25, 0.3) is 0 Å². The molecule has 1 unspecified atom stereocenters. The molecule has 0 radical (unpaired) electrons. The van der Waals surface area contributed by atoms with E-state index in [4.69, 9.17) is 14.0 Å². The van der Waals surface area contributed by atoms with Gasteiger partial charge in [-0.05, 0) is 11.6 Å². The van der Waals surface area contributed by atoms with Gasteiger partial charge in [0.05, 0.1) is 11.7 Å². The van der Waals surface area contributed by atoms with Gasteiger partial charge >= 0.3 is 5.97 Å². The van der Waals surface area contributed by atoms with Crippen molar-refractivity contribution in [3.05, 3.63) is 47.1 Å². The number of fused-ring (bicyclic) bond motifs is 1. The molecule has 0 bridgehead atoms. The quantitative estimate of drug-likeness (QED) is 0.741. The van der Waals surface area contributed by atoms with Crippen LogP contribution in [0.2, 0.25) is 0 Å². The molecule has 26 heavy (non-hydrogen) atoms. The van der Waals surface area contributed by atoms with Gasteiger partial charge in [0, 0.05) is 25.9 Å². The number of likely N-dealkylation sites (tertiary alicyclic amines) is 1. The molecular formula is C18H19N3O5. The minimum Gasteiger partial charge on any atom is -0.448 e. The van der Waals surface area contributed by atoms with Crippen LogP contribution in [0.5, 0.6) is 0 Å². The second-order valence-electron chi connectivity index (χ2n) is 6.39. The van der Waals surface area contributed by atoms with Gasteiger partial charge in [0.25, 0.3) is 11.8 Å². The molecular weight excluding hydrogens is 338 g/mol. The van der Waals surface area contributed by atoms with E-state index in [-0.39, 0.29) is 18.6 Å². The lowest BCUT2D eigenvalue weighted by atomic mass is 9.97. The zero-order chi connectivity index (χ0) is 18.1. The number of cyclic esters (lactones) is 1. The third-order valence-corrected chi connectivity index (χ3v) is 4.60. The first-order chi connectivity index (χ1) is 12.6. The number of aromatic nitrogens is 2. The molecule has 1 aromatic carbocycles. The largest absolute Gasteiger partial charge is 0.448 e. The summed E-state index contributed by atoms with van der Waals surface area (Å²) in [6, 6.07) is 7.21. The molecule has 0 saturated carbocycles. The first-order valence-corrected chi connectivity index (χ1v) is 8.64. The number of ether oxygens (including phenoxy) is 2. The van der Waals surface area contributed by atoms with Crippen LogP contribution in [0.3, 0.4) is 0 Å². The topological polar surface area (TPSA) is 94.8 Å². The molecule has 8 nitrogen and oxygen atoms in total. The second-order valence-corrected chi connectivity index (χ2v) is 6.39. The van der Waals surface area contributed by atoms with Gasteiger partial charge in [0.2, 0.25) is 0 Å².